The van der Waals surface area contributed by atoms with Gasteiger partial charge in [0, 0.05) is 12.1 Å². The molecule has 4 N–H and O–H groups in total. The first-order valence-electron chi connectivity index (χ1n) is 6.55. The number of oxazole rings is 1. The summed E-state index contributed by atoms with van der Waals surface area (Å²) in [4.78, 5) is 13.7. The molecule has 0 aliphatic heterocycles. The molecule has 0 amide bonds. The van der Waals surface area contributed by atoms with Crippen molar-refractivity contribution in [3.8, 4) is 0 Å². The Bertz CT molecular complexity index is 592. The highest BCUT2D eigenvalue weighted by Crippen LogP contribution is 2.12. The molecule has 0 aliphatic rings. The molecule has 1 aromatic carbocycles. The van der Waals surface area contributed by atoms with Crippen molar-refractivity contribution in [1.29, 1.82) is 0 Å². The average Bonchev–Trinajstić information content (AvgIpc) is 2.66. The average molecular weight is 263 g/mol. The van der Waals surface area contributed by atoms with Crippen molar-refractivity contribution in [3.05, 3.63) is 34.3 Å². The highest BCUT2D eigenvalue weighted by molar-refractivity contribution is 5.72. The quantitative estimate of drug-likeness (QED) is 0.693. The number of nitrogens with two attached hydrogens (primary N) is 1. The second-order valence-electron chi connectivity index (χ2n) is 5.61. The van der Waals surface area contributed by atoms with Crippen molar-refractivity contribution in [3.63, 3.8) is 0 Å². The normalized spacial score (nSPS) is 12.2. The smallest absolute Gasteiger partial charge is 0.408 e. The van der Waals surface area contributed by atoms with Crippen LogP contribution in [-0.4, -0.2) is 17.1 Å². The first kappa shape index (κ1) is 13.8. The van der Waals surface area contributed by atoms with Gasteiger partial charge in [-0.25, -0.2) is 4.79 Å². The van der Waals surface area contributed by atoms with E-state index in [-0.39, 0.29) is 5.54 Å². The molecule has 0 fully saturated rings. The van der Waals surface area contributed by atoms with Gasteiger partial charge in [0.1, 0.15) is 0 Å². The van der Waals surface area contributed by atoms with E-state index in [2.05, 4.69) is 10.3 Å². The number of rotatable bonds is 6. The lowest BCUT2D eigenvalue weighted by atomic mass is 10.0. The minimum absolute atomic E-state index is 0.100. The fraction of sp³-hybridized carbons (Fsp3) is 0.500. The Morgan fingerprint density at radius 3 is 2.95 bits per heavy atom. The maximum absolute atomic E-state index is 11.0. The van der Waals surface area contributed by atoms with Crippen LogP contribution in [0.2, 0.25) is 0 Å². The zero-order chi connectivity index (χ0) is 13.9. The minimum atomic E-state index is -0.412. The van der Waals surface area contributed by atoms with Crippen molar-refractivity contribution >= 4 is 11.1 Å². The summed E-state index contributed by atoms with van der Waals surface area (Å²) >= 11 is 0. The molecule has 19 heavy (non-hydrogen) atoms. The van der Waals surface area contributed by atoms with Gasteiger partial charge in [0.05, 0.1) is 5.52 Å². The van der Waals surface area contributed by atoms with Crippen LogP contribution >= 0.6 is 0 Å². The molecule has 1 aromatic heterocycles. The van der Waals surface area contributed by atoms with Gasteiger partial charge in [-0.05, 0) is 50.9 Å². The lowest BCUT2D eigenvalue weighted by Gasteiger charge is -2.17. The van der Waals surface area contributed by atoms with Crippen molar-refractivity contribution in [1.82, 2.24) is 10.3 Å². The van der Waals surface area contributed by atoms with E-state index >= 15 is 0 Å². The summed E-state index contributed by atoms with van der Waals surface area (Å²) in [5.74, 6) is -0.412. The summed E-state index contributed by atoms with van der Waals surface area (Å²) in [5.41, 5.74) is 8.28. The van der Waals surface area contributed by atoms with Crippen LogP contribution in [0, 0.1) is 0 Å². The second kappa shape index (κ2) is 5.59. The third kappa shape index (κ3) is 4.22. The summed E-state index contributed by atoms with van der Waals surface area (Å²) in [6.07, 6.45) is 2.04. The number of nitrogens with one attached hydrogen (secondary N) is 2. The fourth-order valence-electron chi connectivity index (χ4n) is 2.01. The zero-order valence-corrected chi connectivity index (χ0v) is 11.5. The minimum Gasteiger partial charge on any atom is -0.408 e. The lowest BCUT2D eigenvalue weighted by molar-refractivity contribution is 0.448. The topological polar surface area (TPSA) is 84.0 Å². The molecule has 0 spiro atoms. The Hall–Kier alpha value is -1.59. The molecule has 5 heteroatoms. The van der Waals surface area contributed by atoms with E-state index in [9.17, 15) is 4.79 Å². The molecule has 0 aliphatic carbocycles. The second-order valence-corrected chi connectivity index (χ2v) is 5.61. The van der Waals surface area contributed by atoms with Crippen LogP contribution in [0.1, 0.15) is 32.3 Å². The van der Waals surface area contributed by atoms with Gasteiger partial charge in [-0.15, -0.1) is 0 Å². The number of fused-ring (bicyclic) bond motifs is 1. The zero-order valence-electron chi connectivity index (χ0n) is 11.5. The molecule has 1 heterocycles. The van der Waals surface area contributed by atoms with Crippen LogP contribution in [0.4, 0.5) is 0 Å². The summed E-state index contributed by atoms with van der Waals surface area (Å²) in [6, 6.07) is 5.70. The molecular weight excluding hydrogens is 242 g/mol. The van der Waals surface area contributed by atoms with Gasteiger partial charge in [-0.2, -0.15) is 0 Å². The highest BCUT2D eigenvalue weighted by atomic mass is 16.4. The van der Waals surface area contributed by atoms with Crippen LogP contribution in [0.25, 0.3) is 11.1 Å². The first-order chi connectivity index (χ1) is 8.94. The Morgan fingerprint density at radius 1 is 1.42 bits per heavy atom. The predicted octanol–water partition coefficient (Wildman–Crippen LogP) is 1.73. The number of H-pyrrole nitrogens is 1. The van der Waals surface area contributed by atoms with Gasteiger partial charge < -0.3 is 15.5 Å². The van der Waals surface area contributed by atoms with E-state index < -0.39 is 5.76 Å². The van der Waals surface area contributed by atoms with E-state index in [1.54, 1.807) is 0 Å². The third-order valence-electron chi connectivity index (χ3n) is 2.99. The predicted molar refractivity (Wildman–Crippen MR) is 76.0 cm³/mol. The maximum Gasteiger partial charge on any atom is 0.417 e. The van der Waals surface area contributed by atoms with Crippen LogP contribution in [0.15, 0.2) is 27.4 Å². The molecule has 0 atom stereocenters. The van der Waals surface area contributed by atoms with Gasteiger partial charge in [-0.3, -0.25) is 4.98 Å². The fourth-order valence-corrected chi connectivity index (χ4v) is 2.01. The van der Waals surface area contributed by atoms with Crippen molar-refractivity contribution in [2.24, 2.45) is 5.73 Å². The Kier molecular flexibility index (Phi) is 4.07. The molecule has 0 saturated carbocycles. The number of hydrogen-bond donors (Lipinski definition) is 3. The standard InChI is InChI=1S/C14H21N3O2/c1-14(2,15)6-3-7-16-9-10-4-5-12-11(8-10)17-13(18)19-12/h4-5,8,16H,3,6-7,9,15H2,1-2H3,(H,17,18). The summed E-state index contributed by atoms with van der Waals surface area (Å²) in [7, 11) is 0. The molecule has 0 unspecified atom stereocenters. The van der Waals surface area contributed by atoms with E-state index in [4.69, 9.17) is 10.2 Å². The Morgan fingerprint density at radius 2 is 2.21 bits per heavy atom. The monoisotopic (exact) mass is 263 g/mol. The van der Waals surface area contributed by atoms with Crippen LogP contribution in [0.3, 0.4) is 0 Å². The Balaban J connectivity index is 1.83. The number of hydrogen-bond acceptors (Lipinski definition) is 4. The van der Waals surface area contributed by atoms with Gasteiger partial charge in [0.2, 0.25) is 0 Å². The van der Waals surface area contributed by atoms with Gasteiger partial charge in [-0.1, -0.05) is 6.07 Å². The number of aromatic amines is 1. The van der Waals surface area contributed by atoms with Crippen molar-refractivity contribution in [2.45, 2.75) is 38.8 Å². The molecule has 0 radical (unpaired) electrons. The van der Waals surface area contributed by atoms with Crippen LogP contribution < -0.4 is 16.8 Å². The molecule has 0 bridgehead atoms. The lowest BCUT2D eigenvalue weighted by Crippen LogP contribution is -2.32. The molecule has 104 valence electrons. The highest BCUT2D eigenvalue weighted by Gasteiger charge is 2.09. The number of aromatic nitrogens is 1. The van der Waals surface area contributed by atoms with E-state index in [1.165, 1.54) is 0 Å². The molecule has 2 rings (SSSR count). The van der Waals surface area contributed by atoms with Gasteiger partial charge in [0.15, 0.2) is 5.58 Å². The maximum atomic E-state index is 11.0. The molecule has 5 nitrogen and oxygen atoms in total. The van der Waals surface area contributed by atoms with E-state index in [0.29, 0.717) is 5.58 Å². The summed E-state index contributed by atoms with van der Waals surface area (Å²) in [6.45, 7) is 5.78. The van der Waals surface area contributed by atoms with Crippen molar-refractivity contribution in [2.75, 3.05) is 6.54 Å². The molecule has 2 aromatic rings. The summed E-state index contributed by atoms with van der Waals surface area (Å²) < 4.78 is 4.96. The SMILES string of the molecule is CC(C)(N)CCCNCc1ccc2oc(=O)[nH]c2c1. The Labute approximate surface area is 112 Å². The van der Waals surface area contributed by atoms with Crippen LogP contribution in [-0.2, 0) is 6.54 Å². The van der Waals surface area contributed by atoms with Gasteiger partial charge >= 0.3 is 5.76 Å². The molecule has 0 saturated heterocycles. The largest absolute Gasteiger partial charge is 0.417 e. The first-order valence-corrected chi connectivity index (χ1v) is 6.55. The van der Waals surface area contributed by atoms with Gasteiger partial charge in [0.25, 0.3) is 0 Å². The van der Waals surface area contributed by atoms with E-state index in [0.717, 1.165) is 37.0 Å². The number of benzene rings is 1. The van der Waals surface area contributed by atoms with Crippen LogP contribution in [0.5, 0.6) is 0 Å². The summed E-state index contributed by atoms with van der Waals surface area (Å²) in [5, 5.41) is 3.37. The molecular formula is C14H21N3O2. The van der Waals surface area contributed by atoms with E-state index in [1.807, 2.05) is 32.0 Å². The van der Waals surface area contributed by atoms with Crippen molar-refractivity contribution < 1.29 is 4.42 Å². The third-order valence-corrected chi connectivity index (χ3v) is 2.99.